The Labute approximate surface area is 98.9 Å². The second-order valence-corrected chi connectivity index (χ2v) is 4.05. The molecular formula is C13H14FNO2. The first-order valence-corrected chi connectivity index (χ1v) is 5.49. The van der Waals surface area contributed by atoms with E-state index >= 15 is 0 Å². The molecule has 3 nitrogen and oxygen atoms in total. The lowest BCUT2D eigenvalue weighted by molar-refractivity contribution is 0.255. The van der Waals surface area contributed by atoms with Crippen molar-refractivity contribution in [1.82, 2.24) is 4.98 Å². The largest absolute Gasteiger partial charge is 0.445 e. The van der Waals surface area contributed by atoms with Gasteiger partial charge in [-0.2, -0.15) is 0 Å². The summed E-state index contributed by atoms with van der Waals surface area (Å²) in [5.74, 6) is 0.853. The highest BCUT2D eigenvalue weighted by atomic mass is 19.1. The van der Waals surface area contributed by atoms with E-state index in [0.717, 1.165) is 5.56 Å². The predicted octanol–water partition coefficient (Wildman–Crippen LogP) is 2.50. The summed E-state index contributed by atoms with van der Waals surface area (Å²) in [7, 11) is 0. The summed E-state index contributed by atoms with van der Waals surface area (Å²) in [4.78, 5) is 4.11. The van der Waals surface area contributed by atoms with Crippen LogP contribution in [0.25, 0.3) is 0 Å². The molecule has 4 heteroatoms. The van der Waals surface area contributed by atoms with Crippen molar-refractivity contribution in [2.24, 2.45) is 0 Å². The minimum absolute atomic E-state index is 0.0224. The lowest BCUT2D eigenvalue weighted by Crippen LogP contribution is -1.96. The van der Waals surface area contributed by atoms with Gasteiger partial charge < -0.3 is 9.52 Å². The summed E-state index contributed by atoms with van der Waals surface area (Å²) in [6.07, 6.45) is 2.06. The van der Waals surface area contributed by atoms with Gasteiger partial charge in [0.2, 0.25) is 0 Å². The van der Waals surface area contributed by atoms with Crippen LogP contribution in [-0.4, -0.2) is 16.7 Å². The van der Waals surface area contributed by atoms with Gasteiger partial charge in [0.05, 0.1) is 12.8 Å². The smallest absolute Gasteiger partial charge is 0.198 e. The third kappa shape index (κ3) is 2.91. The lowest BCUT2D eigenvalue weighted by atomic mass is 10.1. The van der Waals surface area contributed by atoms with E-state index in [1.54, 1.807) is 12.3 Å². The summed E-state index contributed by atoms with van der Waals surface area (Å²) in [5, 5.41) is 8.99. The number of oxazole rings is 1. The Balaban J connectivity index is 2.11. The van der Waals surface area contributed by atoms with Gasteiger partial charge in [0, 0.05) is 12.3 Å². The summed E-state index contributed by atoms with van der Waals surface area (Å²) in [5.41, 5.74) is 0.815. The SMILES string of the molecule is CC(CO)c1cnc(Cc2cccc(F)c2)o1. The molecular weight excluding hydrogens is 221 g/mol. The molecule has 1 aromatic heterocycles. The molecule has 0 aliphatic heterocycles. The van der Waals surface area contributed by atoms with Gasteiger partial charge in [-0.15, -0.1) is 0 Å². The summed E-state index contributed by atoms with van der Waals surface area (Å²) in [6.45, 7) is 1.88. The van der Waals surface area contributed by atoms with Gasteiger partial charge in [0.15, 0.2) is 5.89 Å². The molecule has 1 N–H and O–H groups in total. The van der Waals surface area contributed by atoms with Crippen molar-refractivity contribution in [3.8, 4) is 0 Å². The van der Waals surface area contributed by atoms with Crippen LogP contribution in [0.15, 0.2) is 34.9 Å². The van der Waals surface area contributed by atoms with Gasteiger partial charge in [0.25, 0.3) is 0 Å². The van der Waals surface area contributed by atoms with Gasteiger partial charge in [-0.25, -0.2) is 9.37 Å². The Bertz CT molecular complexity index is 496. The highest BCUT2D eigenvalue weighted by Crippen LogP contribution is 2.17. The molecule has 2 rings (SSSR count). The third-order valence-corrected chi connectivity index (χ3v) is 2.58. The van der Waals surface area contributed by atoms with Crippen LogP contribution < -0.4 is 0 Å². The first-order valence-electron chi connectivity index (χ1n) is 5.49. The molecule has 17 heavy (non-hydrogen) atoms. The monoisotopic (exact) mass is 235 g/mol. The van der Waals surface area contributed by atoms with E-state index in [1.165, 1.54) is 12.1 Å². The fraction of sp³-hybridized carbons (Fsp3) is 0.308. The van der Waals surface area contributed by atoms with Crippen molar-refractivity contribution in [3.63, 3.8) is 0 Å². The molecule has 1 aromatic carbocycles. The molecule has 1 atom stereocenters. The molecule has 0 fully saturated rings. The molecule has 0 amide bonds. The van der Waals surface area contributed by atoms with Gasteiger partial charge in [-0.1, -0.05) is 19.1 Å². The summed E-state index contributed by atoms with van der Waals surface area (Å²) < 4.78 is 18.5. The molecule has 0 aliphatic rings. The Morgan fingerprint density at radius 1 is 1.47 bits per heavy atom. The summed E-state index contributed by atoms with van der Waals surface area (Å²) >= 11 is 0. The van der Waals surface area contributed by atoms with Gasteiger partial charge in [-0.3, -0.25) is 0 Å². The molecule has 0 aliphatic carbocycles. The Morgan fingerprint density at radius 3 is 3.00 bits per heavy atom. The minimum Gasteiger partial charge on any atom is -0.445 e. The number of aliphatic hydroxyl groups excluding tert-OH is 1. The Morgan fingerprint density at radius 2 is 2.29 bits per heavy atom. The molecule has 0 saturated heterocycles. The maximum atomic E-state index is 13.0. The van der Waals surface area contributed by atoms with E-state index in [0.29, 0.717) is 18.1 Å². The van der Waals surface area contributed by atoms with Crippen molar-refractivity contribution >= 4 is 0 Å². The number of aliphatic hydroxyl groups is 1. The van der Waals surface area contributed by atoms with Crippen LogP contribution in [0, 0.1) is 5.82 Å². The second-order valence-electron chi connectivity index (χ2n) is 4.05. The fourth-order valence-electron chi connectivity index (χ4n) is 1.55. The van der Waals surface area contributed by atoms with Crippen molar-refractivity contribution in [1.29, 1.82) is 0 Å². The first-order chi connectivity index (χ1) is 8.19. The van der Waals surface area contributed by atoms with Crippen LogP contribution in [0.1, 0.15) is 30.1 Å². The molecule has 0 radical (unpaired) electrons. The molecule has 0 bridgehead atoms. The topological polar surface area (TPSA) is 46.3 Å². The highest BCUT2D eigenvalue weighted by molar-refractivity contribution is 5.19. The number of hydrogen-bond donors (Lipinski definition) is 1. The number of nitrogens with zero attached hydrogens (tertiary/aromatic N) is 1. The van der Waals surface area contributed by atoms with Crippen LogP contribution in [0.2, 0.25) is 0 Å². The average molecular weight is 235 g/mol. The zero-order chi connectivity index (χ0) is 12.3. The van der Waals surface area contributed by atoms with Gasteiger partial charge >= 0.3 is 0 Å². The molecule has 90 valence electrons. The first kappa shape index (κ1) is 11.8. The molecule has 2 aromatic rings. The van der Waals surface area contributed by atoms with Crippen molar-refractivity contribution in [3.05, 3.63) is 53.5 Å². The minimum atomic E-state index is -0.266. The predicted molar refractivity (Wildman–Crippen MR) is 61.2 cm³/mol. The second kappa shape index (κ2) is 5.10. The highest BCUT2D eigenvalue weighted by Gasteiger charge is 2.11. The normalized spacial score (nSPS) is 12.6. The van der Waals surface area contributed by atoms with E-state index in [2.05, 4.69) is 4.98 Å². The van der Waals surface area contributed by atoms with Crippen LogP contribution in [0.4, 0.5) is 4.39 Å². The summed E-state index contributed by atoms with van der Waals surface area (Å²) in [6, 6.07) is 6.34. The third-order valence-electron chi connectivity index (χ3n) is 2.58. The number of hydrogen-bond acceptors (Lipinski definition) is 3. The van der Waals surface area contributed by atoms with E-state index in [9.17, 15) is 4.39 Å². The van der Waals surface area contributed by atoms with E-state index in [-0.39, 0.29) is 18.3 Å². The average Bonchev–Trinajstić information content (AvgIpc) is 2.76. The maximum Gasteiger partial charge on any atom is 0.198 e. The van der Waals surface area contributed by atoms with Crippen LogP contribution in [-0.2, 0) is 6.42 Å². The zero-order valence-electron chi connectivity index (χ0n) is 9.56. The van der Waals surface area contributed by atoms with Crippen molar-refractivity contribution in [2.75, 3.05) is 6.61 Å². The maximum absolute atomic E-state index is 13.0. The lowest BCUT2D eigenvalue weighted by Gasteiger charge is -2.01. The zero-order valence-corrected chi connectivity index (χ0v) is 9.56. The number of benzene rings is 1. The van der Waals surface area contributed by atoms with Crippen molar-refractivity contribution < 1.29 is 13.9 Å². The van der Waals surface area contributed by atoms with E-state index in [1.807, 2.05) is 13.0 Å². The van der Waals surface area contributed by atoms with E-state index < -0.39 is 0 Å². The Kier molecular flexibility index (Phi) is 3.54. The number of halogens is 1. The molecule has 1 unspecified atom stereocenters. The number of rotatable bonds is 4. The standard InChI is InChI=1S/C13H14FNO2/c1-9(8-16)12-7-15-13(17-12)6-10-3-2-4-11(14)5-10/h2-5,7,9,16H,6,8H2,1H3. The van der Waals surface area contributed by atoms with Gasteiger partial charge in [0.1, 0.15) is 11.6 Å². The Hall–Kier alpha value is -1.68. The fourth-order valence-corrected chi connectivity index (χ4v) is 1.55. The van der Waals surface area contributed by atoms with Crippen LogP contribution in [0.5, 0.6) is 0 Å². The molecule has 0 saturated carbocycles. The molecule has 1 heterocycles. The quantitative estimate of drug-likeness (QED) is 0.885. The van der Waals surface area contributed by atoms with E-state index in [4.69, 9.17) is 9.52 Å². The van der Waals surface area contributed by atoms with Gasteiger partial charge in [-0.05, 0) is 17.7 Å². The van der Waals surface area contributed by atoms with Crippen LogP contribution in [0.3, 0.4) is 0 Å². The number of aromatic nitrogens is 1. The van der Waals surface area contributed by atoms with Crippen LogP contribution >= 0.6 is 0 Å². The van der Waals surface area contributed by atoms with Crippen molar-refractivity contribution in [2.45, 2.75) is 19.3 Å². The molecule has 0 spiro atoms.